The van der Waals surface area contributed by atoms with Crippen molar-refractivity contribution in [2.24, 2.45) is 5.10 Å². The number of carbonyl (C=O) groups is 1. The Kier molecular flexibility index (Phi) is 4.72. The summed E-state index contributed by atoms with van der Waals surface area (Å²) in [5, 5.41) is 12.9. The molecule has 0 aliphatic rings. The van der Waals surface area contributed by atoms with E-state index in [9.17, 15) is 4.79 Å². The number of hydrazone groups is 1. The number of rotatable bonds is 5. The summed E-state index contributed by atoms with van der Waals surface area (Å²) in [6.07, 6.45) is 1.61. The lowest BCUT2D eigenvalue weighted by Gasteiger charge is -2.02. The highest BCUT2D eigenvalue weighted by Gasteiger charge is 2.16. The van der Waals surface area contributed by atoms with Gasteiger partial charge in [0.05, 0.1) is 19.0 Å². The van der Waals surface area contributed by atoms with Gasteiger partial charge in [-0.05, 0) is 42.6 Å². The molecule has 1 aromatic carbocycles. The number of aromatic nitrogens is 2. The molecule has 0 aliphatic heterocycles. The fraction of sp³-hybridized carbons (Fsp3) is 0.118. The molecule has 24 heavy (non-hydrogen) atoms. The first-order valence-electron chi connectivity index (χ1n) is 7.25. The molecule has 0 saturated heterocycles. The zero-order chi connectivity index (χ0) is 16.9. The summed E-state index contributed by atoms with van der Waals surface area (Å²) in [6.45, 7) is 1.85. The molecule has 2 aromatic heterocycles. The third-order valence-electron chi connectivity index (χ3n) is 3.50. The van der Waals surface area contributed by atoms with E-state index in [1.807, 2.05) is 48.7 Å². The van der Waals surface area contributed by atoms with Crippen LogP contribution in [0.3, 0.4) is 0 Å². The number of benzene rings is 1. The Morgan fingerprint density at radius 2 is 2.12 bits per heavy atom. The van der Waals surface area contributed by atoms with Gasteiger partial charge in [-0.3, -0.25) is 9.89 Å². The van der Waals surface area contributed by atoms with E-state index in [0.29, 0.717) is 5.69 Å². The molecule has 6 nitrogen and oxygen atoms in total. The van der Waals surface area contributed by atoms with Gasteiger partial charge in [-0.2, -0.15) is 10.2 Å². The second kappa shape index (κ2) is 7.10. The van der Waals surface area contributed by atoms with Crippen LogP contribution in [0.1, 0.15) is 20.9 Å². The Balaban J connectivity index is 1.74. The Morgan fingerprint density at radius 3 is 2.79 bits per heavy atom. The fourth-order valence-corrected chi connectivity index (χ4v) is 2.81. The van der Waals surface area contributed by atoms with Crippen molar-refractivity contribution in [3.63, 3.8) is 0 Å². The molecule has 0 unspecified atom stereocenters. The molecule has 2 N–H and O–H groups in total. The molecule has 3 rings (SSSR count). The number of nitrogens with one attached hydrogen (secondary N) is 2. The van der Waals surface area contributed by atoms with Crippen LogP contribution < -0.4 is 10.2 Å². The van der Waals surface area contributed by atoms with E-state index < -0.39 is 0 Å². The molecule has 0 radical (unpaired) electrons. The minimum absolute atomic E-state index is 0.326. The maximum Gasteiger partial charge on any atom is 0.289 e. The van der Waals surface area contributed by atoms with Gasteiger partial charge in [0.1, 0.15) is 11.4 Å². The number of carbonyl (C=O) groups excluding carboxylic acids is 1. The van der Waals surface area contributed by atoms with Gasteiger partial charge in [0.2, 0.25) is 0 Å². The van der Waals surface area contributed by atoms with Gasteiger partial charge in [-0.1, -0.05) is 6.07 Å². The number of methoxy groups -OCH3 is 1. The summed E-state index contributed by atoms with van der Waals surface area (Å²) in [5.41, 5.74) is 5.30. The van der Waals surface area contributed by atoms with E-state index in [1.165, 1.54) is 0 Å². The topological polar surface area (TPSA) is 79.4 Å². The Morgan fingerprint density at radius 1 is 1.33 bits per heavy atom. The second-order valence-electron chi connectivity index (χ2n) is 5.02. The Labute approximate surface area is 143 Å². The van der Waals surface area contributed by atoms with Crippen LogP contribution in [0, 0.1) is 6.92 Å². The summed E-state index contributed by atoms with van der Waals surface area (Å²) in [5.74, 6) is 0.445. The van der Waals surface area contributed by atoms with Gasteiger partial charge in [-0.15, -0.1) is 11.3 Å². The van der Waals surface area contributed by atoms with Gasteiger partial charge in [-0.25, -0.2) is 5.43 Å². The SMILES string of the molecule is COc1ccc(-c2n[nH]c(C(=O)N/N=C/c3cccs3)c2C)cc1. The highest BCUT2D eigenvalue weighted by molar-refractivity contribution is 7.11. The molecular formula is C17H16N4O2S. The van der Waals surface area contributed by atoms with Crippen molar-refractivity contribution in [3.05, 3.63) is 57.9 Å². The van der Waals surface area contributed by atoms with Crippen molar-refractivity contribution in [1.82, 2.24) is 15.6 Å². The second-order valence-corrected chi connectivity index (χ2v) is 5.99. The zero-order valence-electron chi connectivity index (χ0n) is 13.2. The summed E-state index contributed by atoms with van der Waals surface area (Å²) in [7, 11) is 1.62. The number of amides is 1. The summed E-state index contributed by atoms with van der Waals surface area (Å²) in [6, 6.07) is 11.4. The van der Waals surface area contributed by atoms with Gasteiger partial charge in [0.25, 0.3) is 5.91 Å². The molecular weight excluding hydrogens is 324 g/mol. The van der Waals surface area contributed by atoms with Crippen molar-refractivity contribution in [1.29, 1.82) is 0 Å². The van der Waals surface area contributed by atoms with Crippen molar-refractivity contribution < 1.29 is 9.53 Å². The van der Waals surface area contributed by atoms with Gasteiger partial charge in [0.15, 0.2) is 0 Å². The predicted octanol–water partition coefficient (Wildman–Crippen LogP) is 3.22. The maximum absolute atomic E-state index is 12.2. The number of aromatic amines is 1. The van der Waals surface area contributed by atoms with Crippen molar-refractivity contribution in [3.8, 4) is 17.0 Å². The van der Waals surface area contributed by atoms with Gasteiger partial charge < -0.3 is 4.74 Å². The molecule has 3 aromatic rings. The normalized spacial score (nSPS) is 10.9. The van der Waals surface area contributed by atoms with E-state index >= 15 is 0 Å². The van der Waals surface area contributed by atoms with Crippen molar-refractivity contribution >= 4 is 23.5 Å². The molecule has 0 fully saturated rings. The average molecular weight is 340 g/mol. The number of hydrogen-bond acceptors (Lipinski definition) is 5. The first-order chi connectivity index (χ1) is 11.7. The lowest BCUT2D eigenvalue weighted by molar-refractivity contribution is 0.0949. The molecule has 2 heterocycles. The molecule has 0 bridgehead atoms. The molecule has 122 valence electrons. The lowest BCUT2D eigenvalue weighted by Crippen LogP contribution is -2.19. The van der Waals surface area contributed by atoms with Crippen LogP contribution in [-0.2, 0) is 0 Å². The van der Waals surface area contributed by atoms with Gasteiger partial charge >= 0.3 is 0 Å². The summed E-state index contributed by atoms with van der Waals surface area (Å²) >= 11 is 1.55. The predicted molar refractivity (Wildman–Crippen MR) is 94.7 cm³/mol. The van der Waals surface area contributed by atoms with Crippen LogP contribution in [0.5, 0.6) is 5.75 Å². The minimum Gasteiger partial charge on any atom is -0.497 e. The van der Waals surface area contributed by atoms with E-state index in [-0.39, 0.29) is 5.91 Å². The summed E-state index contributed by atoms with van der Waals surface area (Å²) in [4.78, 5) is 13.2. The van der Waals surface area contributed by atoms with Crippen molar-refractivity contribution in [2.75, 3.05) is 7.11 Å². The van der Waals surface area contributed by atoms with E-state index in [0.717, 1.165) is 27.4 Å². The number of ether oxygens (including phenoxy) is 1. The molecule has 0 saturated carbocycles. The van der Waals surface area contributed by atoms with Crippen LogP contribution in [0.4, 0.5) is 0 Å². The number of H-pyrrole nitrogens is 1. The van der Waals surface area contributed by atoms with Crippen molar-refractivity contribution in [2.45, 2.75) is 6.92 Å². The van der Waals surface area contributed by atoms with Crippen LogP contribution in [-0.4, -0.2) is 29.4 Å². The number of hydrogen-bond donors (Lipinski definition) is 2. The third kappa shape index (κ3) is 3.36. The molecule has 0 aliphatic carbocycles. The summed E-state index contributed by atoms with van der Waals surface area (Å²) < 4.78 is 5.15. The molecule has 0 spiro atoms. The standard InChI is InChI=1S/C17H16N4O2S/c1-11-15(12-5-7-13(23-2)8-6-12)19-20-16(11)17(22)21-18-10-14-4-3-9-24-14/h3-10H,1-2H3,(H,19,20)(H,21,22)/b18-10+. The zero-order valence-corrected chi connectivity index (χ0v) is 14.1. The monoisotopic (exact) mass is 340 g/mol. The maximum atomic E-state index is 12.2. The van der Waals surface area contributed by atoms with E-state index in [1.54, 1.807) is 24.7 Å². The Bertz CT molecular complexity index is 851. The highest BCUT2D eigenvalue weighted by Crippen LogP contribution is 2.25. The smallest absolute Gasteiger partial charge is 0.289 e. The van der Waals surface area contributed by atoms with Crippen LogP contribution in [0.15, 0.2) is 46.9 Å². The number of thiophene rings is 1. The first-order valence-corrected chi connectivity index (χ1v) is 8.13. The van der Waals surface area contributed by atoms with E-state index in [4.69, 9.17) is 4.74 Å². The molecule has 0 atom stereocenters. The largest absolute Gasteiger partial charge is 0.497 e. The van der Waals surface area contributed by atoms with Crippen LogP contribution in [0.2, 0.25) is 0 Å². The number of nitrogens with zero attached hydrogens (tertiary/aromatic N) is 2. The average Bonchev–Trinajstić information content (AvgIpc) is 3.24. The molecule has 7 heteroatoms. The Hall–Kier alpha value is -2.93. The fourth-order valence-electron chi connectivity index (χ4n) is 2.22. The van der Waals surface area contributed by atoms with Crippen LogP contribution in [0.25, 0.3) is 11.3 Å². The van der Waals surface area contributed by atoms with Gasteiger partial charge in [0, 0.05) is 16.0 Å². The van der Waals surface area contributed by atoms with E-state index in [2.05, 4.69) is 20.7 Å². The third-order valence-corrected chi connectivity index (χ3v) is 4.31. The highest BCUT2D eigenvalue weighted by atomic mass is 32.1. The minimum atomic E-state index is -0.326. The first kappa shape index (κ1) is 15.9. The molecule has 1 amide bonds. The van der Waals surface area contributed by atoms with Crippen LogP contribution >= 0.6 is 11.3 Å². The lowest BCUT2D eigenvalue weighted by atomic mass is 10.1. The quantitative estimate of drug-likeness (QED) is 0.553.